The van der Waals surface area contributed by atoms with Crippen LogP contribution in [0.25, 0.3) is 0 Å². The number of nitrogens with one attached hydrogen (secondary N) is 2. The van der Waals surface area contributed by atoms with E-state index in [-0.39, 0.29) is 18.4 Å². The Morgan fingerprint density at radius 3 is 2.43 bits per heavy atom. The van der Waals surface area contributed by atoms with Crippen LogP contribution in [0.4, 0.5) is 18.9 Å². The summed E-state index contributed by atoms with van der Waals surface area (Å²) < 4.78 is 68.4. The smallest absolute Gasteiger partial charge is 0.404 e. The highest BCUT2D eigenvalue weighted by Gasteiger charge is 2.33. The second-order valence-corrected chi connectivity index (χ2v) is 7.90. The predicted octanol–water partition coefficient (Wildman–Crippen LogP) is 3.66. The second kappa shape index (κ2) is 8.61. The molecule has 1 amide bonds. The van der Waals surface area contributed by atoms with Crippen LogP contribution in [0.15, 0.2) is 53.4 Å². The molecule has 152 valence electrons. The molecule has 0 aliphatic carbocycles. The number of sulfonamides is 1. The number of benzene rings is 2. The van der Waals surface area contributed by atoms with Gasteiger partial charge in [0.25, 0.3) is 0 Å². The monoisotopic (exact) mass is 416 g/mol. The Morgan fingerprint density at radius 1 is 1.11 bits per heavy atom. The van der Waals surface area contributed by atoms with Gasteiger partial charge in [-0.15, -0.1) is 13.2 Å². The molecule has 0 spiro atoms. The normalized spacial score (nSPS) is 12.1. The van der Waals surface area contributed by atoms with Crippen LogP contribution in [0.3, 0.4) is 0 Å². The first-order valence-electron chi connectivity index (χ1n) is 8.22. The van der Waals surface area contributed by atoms with Crippen LogP contribution in [-0.2, 0) is 21.4 Å². The molecule has 2 aromatic carbocycles. The minimum atomic E-state index is -5.02. The molecule has 0 saturated carbocycles. The summed E-state index contributed by atoms with van der Waals surface area (Å²) in [5, 5.41) is 2.68. The lowest BCUT2D eigenvalue weighted by Gasteiger charge is -2.14. The highest BCUT2D eigenvalue weighted by Crippen LogP contribution is 2.29. The molecular formula is C18H19F3N2O4S. The molecular weight excluding hydrogens is 397 g/mol. The van der Waals surface area contributed by atoms with E-state index in [2.05, 4.69) is 14.8 Å². The maximum Gasteiger partial charge on any atom is 0.573 e. The number of rotatable bonds is 7. The van der Waals surface area contributed by atoms with Crippen molar-refractivity contribution in [1.29, 1.82) is 0 Å². The van der Waals surface area contributed by atoms with Crippen LogP contribution < -0.4 is 14.8 Å². The first-order chi connectivity index (χ1) is 13.0. The minimum absolute atomic E-state index is 0.186. The van der Waals surface area contributed by atoms with E-state index in [0.717, 1.165) is 12.1 Å². The summed E-state index contributed by atoms with van der Waals surface area (Å²) >= 11 is 0. The van der Waals surface area contributed by atoms with Crippen LogP contribution in [0, 0.1) is 5.92 Å². The van der Waals surface area contributed by atoms with Crippen molar-refractivity contribution in [2.24, 2.45) is 5.92 Å². The molecule has 0 saturated heterocycles. The lowest BCUT2D eigenvalue weighted by atomic mass is 10.1. The predicted molar refractivity (Wildman–Crippen MR) is 97.1 cm³/mol. The molecule has 6 nitrogen and oxygen atoms in total. The number of hydrogen-bond donors (Lipinski definition) is 2. The number of hydrogen-bond acceptors (Lipinski definition) is 4. The molecule has 0 aromatic heterocycles. The third kappa shape index (κ3) is 6.24. The highest BCUT2D eigenvalue weighted by molar-refractivity contribution is 7.89. The van der Waals surface area contributed by atoms with Crippen LogP contribution in [0.2, 0.25) is 0 Å². The molecule has 0 unspecified atom stereocenters. The summed E-state index contributed by atoms with van der Waals surface area (Å²) in [6, 6.07) is 10.9. The first-order valence-corrected chi connectivity index (χ1v) is 9.70. The summed E-state index contributed by atoms with van der Waals surface area (Å²) in [5.41, 5.74) is 0.996. The van der Waals surface area contributed by atoms with Gasteiger partial charge in [-0.3, -0.25) is 4.79 Å². The fraction of sp³-hybridized carbons (Fsp3) is 0.278. The first kappa shape index (κ1) is 21.7. The zero-order chi connectivity index (χ0) is 20.9. The Hall–Kier alpha value is -2.59. The van der Waals surface area contributed by atoms with Gasteiger partial charge in [-0.1, -0.05) is 38.1 Å². The molecule has 2 aromatic rings. The van der Waals surface area contributed by atoms with E-state index in [4.69, 9.17) is 0 Å². The molecule has 0 bridgehead atoms. The van der Waals surface area contributed by atoms with Crippen LogP contribution in [0.1, 0.15) is 19.4 Å². The largest absolute Gasteiger partial charge is 0.573 e. The molecule has 2 N–H and O–H groups in total. The maximum atomic E-state index is 12.5. The van der Waals surface area contributed by atoms with E-state index < -0.39 is 27.0 Å². The summed E-state index contributed by atoms with van der Waals surface area (Å²) in [6.07, 6.45) is -5.02. The fourth-order valence-corrected chi connectivity index (χ4v) is 3.33. The number of carbonyl (C=O) groups is 1. The third-order valence-electron chi connectivity index (χ3n) is 3.55. The minimum Gasteiger partial charge on any atom is -0.404 e. The number of ether oxygens (including phenoxy) is 1. The Bertz CT molecular complexity index is 944. The second-order valence-electron chi connectivity index (χ2n) is 6.16. The summed E-state index contributed by atoms with van der Waals surface area (Å²) in [5.74, 6) is -1.25. The lowest BCUT2D eigenvalue weighted by molar-refractivity contribution is -0.275. The van der Waals surface area contributed by atoms with Crippen molar-refractivity contribution in [3.8, 4) is 5.75 Å². The summed E-state index contributed by atoms with van der Waals surface area (Å²) in [4.78, 5) is 11.1. The average Bonchev–Trinajstić information content (AvgIpc) is 2.59. The Kier molecular flexibility index (Phi) is 6.68. The molecule has 0 aliphatic rings. The van der Waals surface area contributed by atoms with Gasteiger partial charge in [0.05, 0.1) is 0 Å². The Morgan fingerprint density at radius 2 is 1.79 bits per heavy atom. The van der Waals surface area contributed by atoms with Crippen LogP contribution in [-0.4, -0.2) is 20.7 Å². The maximum absolute atomic E-state index is 12.5. The zero-order valence-corrected chi connectivity index (χ0v) is 15.9. The molecule has 0 aliphatic heterocycles. The molecule has 0 heterocycles. The Labute approximate surface area is 160 Å². The molecule has 10 heteroatoms. The van der Waals surface area contributed by atoms with E-state index in [1.54, 1.807) is 38.1 Å². The molecule has 28 heavy (non-hydrogen) atoms. The van der Waals surface area contributed by atoms with E-state index in [9.17, 15) is 26.4 Å². The lowest BCUT2D eigenvalue weighted by Crippen LogP contribution is -2.25. The number of halogens is 3. The quantitative estimate of drug-likeness (QED) is 0.722. The molecule has 2 rings (SSSR count). The van der Waals surface area contributed by atoms with Gasteiger partial charge in [0.1, 0.15) is 10.6 Å². The van der Waals surface area contributed by atoms with Crippen molar-refractivity contribution in [2.75, 3.05) is 5.32 Å². The van der Waals surface area contributed by atoms with Gasteiger partial charge in [0, 0.05) is 18.2 Å². The van der Waals surface area contributed by atoms with Crippen molar-refractivity contribution < 1.29 is 31.1 Å². The van der Waals surface area contributed by atoms with Gasteiger partial charge in [0.15, 0.2) is 0 Å². The van der Waals surface area contributed by atoms with Gasteiger partial charge in [0.2, 0.25) is 15.9 Å². The van der Waals surface area contributed by atoms with E-state index in [0.29, 0.717) is 11.3 Å². The van der Waals surface area contributed by atoms with E-state index in [1.165, 1.54) is 12.1 Å². The van der Waals surface area contributed by atoms with Crippen LogP contribution in [0.5, 0.6) is 5.75 Å². The van der Waals surface area contributed by atoms with Gasteiger partial charge in [-0.2, -0.15) is 0 Å². The van der Waals surface area contributed by atoms with E-state index in [1.807, 2.05) is 0 Å². The number of carbonyl (C=O) groups excluding carboxylic acids is 1. The van der Waals surface area contributed by atoms with E-state index >= 15 is 0 Å². The fourth-order valence-electron chi connectivity index (χ4n) is 2.18. The molecule has 0 fully saturated rings. The van der Waals surface area contributed by atoms with Crippen molar-refractivity contribution in [2.45, 2.75) is 31.7 Å². The zero-order valence-electron chi connectivity index (χ0n) is 15.1. The number of alkyl halides is 3. The van der Waals surface area contributed by atoms with Crippen molar-refractivity contribution in [3.63, 3.8) is 0 Å². The number of para-hydroxylation sites is 1. The number of amides is 1. The summed E-state index contributed by atoms with van der Waals surface area (Å²) in [6.45, 7) is 3.27. The van der Waals surface area contributed by atoms with Gasteiger partial charge in [-0.25, -0.2) is 13.1 Å². The topological polar surface area (TPSA) is 84.5 Å². The van der Waals surface area contributed by atoms with Gasteiger partial charge in [-0.05, 0) is 29.8 Å². The summed E-state index contributed by atoms with van der Waals surface area (Å²) in [7, 11) is -4.27. The highest BCUT2D eigenvalue weighted by atomic mass is 32.2. The number of anilines is 1. The third-order valence-corrected chi connectivity index (χ3v) is 4.99. The Balaban J connectivity index is 2.16. The van der Waals surface area contributed by atoms with Gasteiger partial charge < -0.3 is 10.1 Å². The SMILES string of the molecule is CC(C)C(=O)Nc1cccc(CNS(=O)(=O)c2ccccc2OC(F)(F)F)c1. The van der Waals surface area contributed by atoms with Crippen molar-refractivity contribution in [3.05, 3.63) is 54.1 Å². The van der Waals surface area contributed by atoms with Crippen LogP contribution >= 0.6 is 0 Å². The molecule has 0 atom stereocenters. The average molecular weight is 416 g/mol. The standard InChI is InChI=1S/C18H19F3N2O4S/c1-12(2)17(24)23-14-7-5-6-13(10-14)11-22-28(25,26)16-9-4-3-8-15(16)27-18(19,20)21/h3-10,12,22H,11H2,1-2H3,(H,23,24). The van der Waals surface area contributed by atoms with Gasteiger partial charge >= 0.3 is 6.36 Å². The van der Waals surface area contributed by atoms with Crippen molar-refractivity contribution >= 4 is 21.6 Å². The van der Waals surface area contributed by atoms with Crippen molar-refractivity contribution in [1.82, 2.24) is 4.72 Å². The molecule has 0 radical (unpaired) electrons.